The molecule has 0 aromatic heterocycles. The minimum absolute atomic E-state index is 0.0551. The first kappa shape index (κ1) is 19.0. The van der Waals surface area contributed by atoms with E-state index in [4.69, 9.17) is 9.88 Å². The Morgan fingerprint density at radius 1 is 1.04 bits per heavy atom. The van der Waals surface area contributed by atoms with E-state index in [1.165, 1.54) is 12.1 Å². The molecule has 0 aliphatic carbocycles. The Kier molecular flexibility index (Phi) is 6.97. The van der Waals surface area contributed by atoms with E-state index in [2.05, 4.69) is 5.32 Å². The minimum atomic E-state index is -3.65. The molecule has 134 valence electrons. The molecule has 0 saturated carbocycles. The molecule has 0 radical (unpaired) electrons. The number of carbonyl (C=O) groups is 1. The standard InChI is InChI=1S/C18H22N2O4S/c19-25(22,23)17-10-8-15(9-11-17)5-4-13-20-18(21)12-14-24-16-6-2-1-3-7-16/h1-3,6-11H,4-5,12-14H2,(H,20,21)(H2,19,22,23). The van der Waals surface area contributed by atoms with Gasteiger partial charge in [0.25, 0.3) is 0 Å². The van der Waals surface area contributed by atoms with Crippen molar-refractivity contribution in [2.75, 3.05) is 13.2 Å². The predicted octanol–water partition coefficient (Wildman–Crippen LogP) is 1.85. The Balaban J connectivity index is 1.61. The fraction of sp³-hybridized carbons (Fsp3) is 0.278. The van der Waals surface area contributed by atoms with Crippen molar-refractivity contribution in [3.05, 3.63) is 60.2 Å². The van der Waals surface area contributed by atoms with Gasteiger partial charge in [0.05, 0.1) is 17.9 Å². The van der Waals surface area contributed by atoms with Crippen LogP contribution in [0, 0.1) is 0 Å². The highest BCUT2D eigenvalue weighted by atomic mass is 32.2. The number of nitrogens with one attached hydrogen (secondary N) is 1. The van der Waals surface area contributed by atoms with Gasteiger partial charge in [0.15, 0.2) is 0 Å². The second kappa shape index (κ2) is 9.19. The van der Waals surface area contributed by atoms with Gasteiger partial charge in [0.2, 0.25) is 15.9 Å². The molecule has 6 nitrogen and oxygen atoms in total. The lowest BCUT2D eigenvalue weighted by atomic mass is 10.1. The summed E-state index contributed by atoms with van der Waals surface area (Å²) in [6.45, 7) is 0.895. The van der Waals surface area contributed by atoms with Gasteiger partial charge in [0, 0.05) is 6.54 Å². The van der Waals surface area contributed by atoms with Crippen LogP contribution in [0.4, 0.5) is 0 Å². The number of para-hydroxylation sites is 1. The summed E-state index contributed by atoms with van der Waals surface area (Å²) in [6, 6.07) is 15.8. The van der Waals surface area contributed by atoms with Crippen LogP contribution in [0.1, 0.15) is 18.4 Å². The number of sulfonamides is 1. The molecular weight excluding hydrogens is 340 g/mol. The van der Waals surface area contributed by atoms with Gasteiger partial charge in [-0.05, 0) is 42.7 Å². The lowest BCUT2D eigenvalue weighted by molar-refractivity contribution is -0.121. The van der Waals surface area contributed by atoms with Gasteiger partial charge < -0.3 is 10.1 Å². The van der Waals surface area contributed by atoms with E-state index >= 15 is 0 Å². The molecule has 2 aromatic carbocycles. The lowest BCUT2D eigenvalue weighted by Crippen LogP contribution is -2.26. The number of hydrogen-bond acceptors (Lipinski definition) is 4. The Hall–Kier alpha value is -2.38. The first-order chi connectivity index (χ1) is 11.9. The summed E-state index contributed by atoms with van der Waals surface area (Å²) in [5.41, 5.74) is 0.994. The van der Waals surface area contributed by atoms with Gasteiger partial charge in [-0.25, -0.2) is 13.6 Å². The fourth-order valence-corrected chi connectivity index (χ4v) is 2.75. The van der Waals surface area contributed by atoms with Crippen LogP contribution in [0.3, 0.4) is 0 Å². The van der Waals surface area contributed by atoms with Crippen molar-refractivity contribution >= 4 is 15.9 Å². The van der Waals surface area contributed by atoms with Crippen LogP contribution in [0.5, 0.6) is 5.75 Å². The summed E-state index contributed by atoms with van der Waals surface area (Å²) < 4.78 is 27.8. The third-order valence-corrected chi connectivity index (χ3v) is 4.49. The zero-order valence-electron chi connectivity index (χ0n) is 13.9. The van der Waals surface area contributed by atoms with Crippen molar-refractivity contribution in [3.63, 3.8) is 0 Å². The van der Waals surface area contributed by atoms with Crippen LogP contribution in [0.15, 0.2) is 59.5 Å². The third-order valence-electron chi connectivity index (χ3n) is 3.56. The number of carbonyl (C=O) groups excluding carboxylic acids is 1. The van der Waals surface area contributed by atoms with Gasteiger partial charge in [-0.3, -0.25) is 4.79 Å². The number of primary sulfonamides is 1. The number of amides is 1. The Bertz CT molecular complexity index is 774. The average molecular weight is 362 g/mol. The van der Waals surface area contributed by atoms with Crippen molar-refractivity contribution in [1.82, 2.24) is 5.32 Å². The smallest absolute Gasteiger partial charge is 0.238 e. The molecule has 0 aliphatic rings. The van der Waals surface area contributed by atoms with Crippen molar-refractivity contribution in [2.24, 2.45) is 5.14 Å². The molecule has 0 fully saturated rings. The Morgan fingerprint density at radius 3 is 2.36 bits per heavy atom. The molecule has 2 rings (SSSR count). The van der Waals surface area contributed by atoms with Crippen LogP contribution in [0.2, 0.25) is 0 Å². The Labute approximate surface area is 148 Å². The number of aryl methyl sites for hydroxylation is 1. The Morgan fingerprint density at radius 2 is 1.72 bits per heavy atom. The topological polar surface area (TPSA) is 98.5 Å². The van der Waals surface area contributed by atoms with E-state index < -0.39 is 10.0 Å². The maximum absolute atomic E-state index is 11.7. The average Bonchev–Trinajstić information content (AvgIpc) is 2.59. The summed E-state index contributed by atoms with van der Waals surface area (Å²) in [7, 11) is -3.65. The number of nitrogens with two attached hydrogens (primary N) is 1. The lowest BCUT2D eigenvalue weighted by Gasteiger charge is -2.07. The van der Waals surface area contributed by atoms with Crippen molar-refractivity contribution < 1.29 is 17.9 Å². The van der Waals surface area contributed by atoms with E-state index in [1.807, 2.05) is 30.3 Å². The SMILES string of the molecule is NS(=O)(=O)c1ccc(CCCNC(=O)CCOc2ccccc2)cc1. The van der Waals surface area contributed by atoms with Crippen LogP contribution in [-0.2, 0) is 21.2 Å². The molecule has 0 saturated heterocycles. The summed E-state index contributed by atoms with van der Waals surface area (Å²) >= 11 is 0. The highest BCUT2D eigenvalue weighted by Gasteiger charge is 2.06. The van der Waals surface area contributed by atoms with Crippen LogP contribution < -0.4 is 15.2 Å². The highest BCUT2D eigenvalue weighted by molar-refractivity contribution is 7.89. The third kappa shape index (κ3) is 6.94. The molecule has 0 unspecified atom stereocenters. The number of benzene rings is 2. The number of ether oxygens (including phenoxy) is 1. The second-order valence-corrected chi connectivity index (χ2v) is 7.12. The van der Waals surface area contributed by atoms with Crippen molar-refractivity contribution in [3.8, 4) is 5.75 Å². The minimum Gasteiger partial charge on any atom is -0.493 e. The molecule has 7 heteroatoms. The molecule has 25 heavy (non-hydrogen) atoms. The number of rotatable bonds is 9. The summed E-state index contributed by atoms with van der Waals surface area (Å²) in [5.74, 6) is 0.693. The van der Waals surface area contributed by atoms with E-state index in [0.29, 0.717) is 19.6 Å². The van der Waals surface area contributed by atoms with Gasteiger partial charge in [-0.2, -0.15) is 0 Å². The molecule has 0 spiro atoms. The molecule has 1 amide bonds. The molecular formula is C18H22N2O4S. The molecule has 0 heterocycles. The maximum Gasteiger partial charge on any atom is 0.238 e. The summed E-state index contributed by atoms with van der Waals surface area (Å²) in [4.78, 5) is 11.8. The predicted molar refractivity (Wildman–Crippen MR) is 95.7 cm³/mol. The quantitative estimate of drug-likeness (QED) is 0.665. The first-order valence-electron chi connectivity index (χ1n) is 8.01. The first-order valence-corrected chi connectivity index (χ1v) is 9.56. The van der Waals surface area contributed by atoms with Gasteiger partial charge in [0.1, 0.15) is 5.75 Å². The zero-order chi connectivity index (χ0) is 18.1. The maximum atomic E-state index is 11.7. The number of hydrogen-bond donors (Lipinski definition) is 2. The second-order valence-electron chi connectivity index (χ2n) is 5.55. The molecule has 0 atom stereocenters. The largest absolute Gasteiger partial charge is 0.493 e. The van der Waals surface area contributed by atoms with Crippen LogP contribution in [-0.4, -0.2) is 27.5 Å². The summed E-state index contributed by atoms with van der Waals surface area (Å²) in [5, 5.41) is 7.89. The monoisotopic (exact) mass is 362 g/mol. The molecule has 3 N–H and O–H groups in total. The van der Waals surface area contributed by atoms with Crippen molar-refractivity contribution in [2.45, 2.75) is 24.2 Å². The molecule has 0 aliphatic heterocycles. The van der Waals surface area contributed by atoms with Crippen LogP contribution in [0.25, 0.3) is 0 Å². The molecule has 0 bridgehead atoms. The van der Waals surface area contributed by atoms with E-state index in [0.717, 1.165) is 24.2 Å². The van der Waals surface area contributed by atoms with Gasteiger partial charge in [-0.15, -0.1) is 0 Å². The van der Waals surface area contributed by atoms with Crippen LogP contribution >= 0.6 is 0 Å². The normalized spacial score (nSPS) is 11.1. The zero-order valence-corrected chi connectivity index (χ0v) is 14.7. The van der Waals surface area contributed by atoms with E-state index in [1.54, 1.807) is 12.1 Å². The fourth-order valence-electron chi connectivity index (χ4n) is 2.23. The summed E-state index contributed by atoms with van der Waals surface area (Å²) in [6.07, 6.45) is 1.81. The highest BCUT2D eigenvalue weighted by Crippen LogP contribution is 2.10. The van der Waals surface area contributed by atoms with Crippen molar-refractivity contribution in [1.29, 1.82) is 0 Å². The molecule has 2 aromatic rings. The van der Waals surface area contributed by atoms with Gasteiger partial charge in [-0.1, -0.05) is 30.3 Å². The van der Waals surface area contributed by atoms with E-state index in [9.17, 15) is 13.2 Å². The van der Waals surface area contributed by atoms with Gasteiger partial charge >= 0.3 is 0 Å². The van der Waals surface area contributed by atoms with E-state index in [-0.39, 0.29) is 10.8 Å².